The van der Waals surface area contributed by atoms with Crippen LogP contribution in [0.5, 0.6) is 0 Å². The molecule has 3 heterocycles. The standard InChI is InChI=1S/C22H21ClF3N5OS/c1-22(2,11-32)10-16-17(15-5-7-31(30-15)21(25)26)18(13-4-3-12(24)9-14(13)23)29-19(28-16)20-27-6-8-33-20/h3-9,18,21,32H,10-11H2,1-2H3,(H,28,29)/t18-/m0/s1. The Labute approximate surface area is 197 Å². The number of nitrogens with one attached hydrogen (secondary N) is 1. The SMILES string of the molecule is CC(C)(CO)CC1=C(c2ccn(C(F)F)n2)[C@H](c2ccc(F)cc2Cl)N=C(c2nccs2)N1. The molecule has 0 saturated carbocycles. The molecule has 1 atom stereocenters. The number of rotatable bonds is 7. The van der Waals surface area contributed by atoms with Gasteiger partial charge in [0.2, 0.25) is 0 Å². The molecule has 2 aromatic heterocycles. The molecule has 3 aromatic rings. The van der Waals surface area contributed by atoms with Gasteiger partial charge in [0.05, 0.1) is 5.69 Å². The zero-order valence-electron chi connectivity index (χ0n) is 17.8. The first-order valence-electron chi connectivity index (χ1n) is 10.1. The van der Waals surface area contributed by atoms with Crippen LogP contribution < -0.4 is 5.32 Å². The summed E-state index contributed by atoms with van der Waals surface area (Å²) in [5.74, 6) is -0.0351. The van der Waals surface area contributed by atoms with Crippen LogP contribution in [-0.2, 0) is 0 Å². The number of thiazole rings is 1. The highest BCUT2D eigenvalue weighted by molar-refractivity contribution is 7.11. The normalized spacial score (nSPS) is 16.8. The van der Waals surface area contributed by atoms with Crippen LogP contribution in [0.1, 0.15) is 49.1 Å². The first-order valence-corrected chi connectivity index (χ1v) is 11.3. The smallest absolute Gasteiger partial charge is 0.333 e. The number of aliphatic imine (C=N–C) groups is 1. The third-order valence-electron chi connectivity index (χ3n) is 5.19. The number of hydrogen-bond donors (Lipinski definition) is 2. The molecule has 0 bridgehead atoms. The maximum atomic E-state index is 13.8. The molecule has 1 aliphatic rings. The molecule has 1 aliphatic heterocycles. The zero-order valence-corrected chi connectivity index (χ0v) is 19.3. The van der Waals surface area contributed by atoms with E-state index >= 15 is 0 Å². The topological polar surface area (TPSA) is 75.3 Å². The molecule has 0 unspecified atom stereocenters. The number of aromatic nitrogens is 3. The van der Waals surface area contributed by atoms with Gasteiger partial charge in [-0.2, -0.15) is 13.9 Å². The Kier molecular flexibility index (Phi) is 6.60. The Hall–Kier alpha value is -2.69. The highest BCUT2D eigenvalue weighted by Crippen LogP contribution is 2.43. The summed E-state index contributed by atoms with van der Waals surface area (Å²) in [5, 5.41) is 19.8. The van der Waals surface area contributed by atoms with Crippen molar-refractivity contribution in [2.24, 2.45) is 10.4 Å². The quantitative estimate of drug-likeness (QED) is 0.458. The first kappa shape index (κ1) is 23.5. The van der Waals surface area contributed by atoms with E-state index in [0.717, 1.165) is 0 Å². The van der Waals surface area contributed by atoms with Gasteiger partial charge in [-0.25, -0.2) is 14.1 Å². The van der Waals surface area contributed by atoms with Crippen molar-refractivity contribution in [3.8, 4) is 0 Å². The summed E-state index contributed by atoms with van der Waals surface area (Å²) in [6.07, 6.45) is 3.19. The molecule has 6 nitrogen and oxygen atoms in total. The van der Waals surface area contributed by atoms with Crippen molar-refractivity contribution in [1.29, 1.82) is 0 Å². The predicted molar refractivity (Wildman–Crippen MR) is 122 cm³/mol. The van der Waals surface area contributed by atoms with Gasteiger partial charge >= 0.3 is 6.55 Å². The van der Waals surface area contributed by atoms with Crippen LogP contribution in [0.4, 0.5) is 13.2 Å². The number of benzene rings is 1. The number of aliphatic hydroxyl groups is 1. The molecule has 0 spiro atoms. The summed E-state index contributed by atoms with van der Waals surface area (Å²) in [4.78, 5) is 9.11. The van der Waals surface area contributed by atoms with Crippen molar-refractivity contribution >= 4 is 34.3 Å². The van der Waals surface area contributed by atoms with Gasteiger partial charge in [-0.3, -0.25) is 4.99 Å². The molecule has 0 fully saturated rings. The fourth-order valence-electron chi connectivity index (χ4n) is 3.56. The van der Waals surface area contributed by atoms with E-state index in [-0.39, 0.29) is 17.3 Å². The summed E-state index contributed by atoms with van der Waals surface area (Å²) in [7, 11) is 0. The minimum Gasteiger partial charge on any atom is -0.396 e. The highest BCUT2D eigenvalue weighted by Gasteiger charge is 2.33. The van der Waals surface area contributed by atoms with Gasteiger partial charge in [0.1, 0.15) is 11.9 Å². The van der Waals surface area contributed by atoms with E-state index in [1.807, 2.05) is 13.8 Å². The van der Waals surface area contributed by atoms with Crippen molar-refractivity contribution in [2.75, 3.05) is 6.61 Å². The zero-order chi connectivity index (χ0) is 23.8. The largest absolute Gasteiger partial charge is 0.396 e. The molecule has 174 valence electrons. The van der Waals surface area contributed by atoms with E-state index in [9.17, 15) is 18.3 Å². The molecular weight excluding hydrogens is 475 g/mol. The summed E-state index contributed by atoms with van der Waals surface area (Å²) < 4.78 is 40.9. The van der Waals surface area contributed by atoms with Crippen molar-refractivity contribution in [2.45, 2.75) is 32.9 Å². The lowest BCUT2D eigenvalue weighted by atomic mass is 9.84. The molecule has 4 rings (SSSR count). The summed E-state index contributed by atoms with van der Waals surface area (Å²) in [5.41, 5.74) is 1.39. The molecule has 0 amide bonds. The molecule has 0 saturated heterocycles. The van der Waals surface area contributed by atoms with Crippen LogP contribution in [0.3, 0.4) is 0 Å². The Bertz CT molecular complexity index is 1210. The predicted octanol–water partition coefficient (Wildman–Crippen LogP) is 5.44. The Balaban J connectivity index is 1.94. The minimum absolute atomic E-state index is 0.108. The van der Waals surface area contributed by atoms with E-state index in [4.69, 9.17) is 16.6 Å². The summed E-state index contributed by atoms with van der Waals surface area (Å²) >= 11 is 7.78. The maximum Gasteiger partial charge on any atom is 0.333 e. The fourth-order valence-corrected chi connectivity index (χ4v) is 4.42. The van der Waals surface area contributed by atoms with Crippen LogP contribution in [-0.4, -0.2) is 32.3 Å². The molecule has 11 heteroatoms. The van der Waals surface area contributed by atoms with Crippen molar-refractivity contribution in [1.82, 2.24) is 20.1 Å². The van der Waals surface area contributed by atoms with Gasteiger partial charge in [-0.1, -0.05) is 31.5 Å². The second-order valence-corrected chi connectivity index (χ2v) is 9.66. The van der Waals surface area contributed by atoms with Crippen molar-refractivity contribution < 1.29 is 18.3 Å². The van der Waals surface area contributed by atoms with E-state index in [1.54, 1.807) is 11.6 Å². The Morgan fingerprint density at radius 1 is 1.30 bits per heavy atom. The average Bonchev–Trinajstić information content (AvgIpc) is 3.45. The van der Waals surface area contributed by atoms with Crippen LogP contribution in [0.15, 0.2) is 52.7 Å². The molecule has 1 aromatic carbocycles. The van der Waals surface area contributed by atoms with Crippen LogP contribution in [0, 0.1) is 11.2 Å². The minimum atomic E-state index is -2.81. The second kappa shape index (κ2) is 9.28. The van der Waals surface area contributed by atoms with Gasteiger partial charge in [0, 0.05) is 46.2 Å². The monoisotopic (exact) mass is 495 g/mol. The van der Waals surface area contributed by atoms with E-state index < -0.39 is 23.8 Å². The van der Waals surface area contributed by atoms with Crippen LogP contribution in [0.2, 0.25) is 5.02 Å². The fraction of sp³-hybridized carbons (Fsp3) is 0.318. The van der Waals surface area contributed by atoms with E-state index in [0.29, 0.717) is 38.8 Å². The van der Waals surface area contributed by atoms with Gasteiger partial charge in [-0.15, -0.1) is 11.3 Å². The lowest BCUT2D eigenvalue weighted by Gasteiger charge is -2.32. The number of aliphatic hydroxyl groups excluding tert-OH is 1. The maximum absolute atomic E-state index is 13.8. The number of nitrogens with zero attached hydrogens (tertiary/aromatic N) is 4. The number of allylic oxidation sites excluding steroid dienone is 1. The highest BCUT2D eigenvalue weighted by atomic mass is 35.5. The summed E-state index contributed by atoms with van der Waals surface area (Å²) in [6, 6.07) is 4.70. The molecule has 2 N–H and O–H groups in total. The number of alkyl halides is 2. The molecule has 0 radical (unpaired) electrons. The van der Waals surface area contributed by atoms with Gasteiger partial charge in [0.15, 0.2) is 10.8 Å². The Morgan fingerprint density at radius 2 is 2.09 bits per heavy atom. The van der Waals surface area contributed by atoms with Gasteiger partial charge in [0.25, 0.3) is 0 Å². The van der Waals surface area contributed by atoms with Crippen LogP contribution in [0.25, 0.3) is 5.57 Å². The third-order valence-corrected chi connectivity index (χ3v) is 6.29. The number of hydrogen-bond acceptors (Lipinski definition) is 6. The average molecular weight is 496 g/mol. The Morgan fingerprint density at radius 3 is 2.70 bits per heavy atom. The summed E-state index contributed by atoms with van der Waals surface area (Å²) in [6.45, 7) is 0.843. The lowest BCUT2D eigenvalue weighted by molar-refractivity contribution is 0.0564. The van der Waals surface area contributed by atoms with Gasteiger partial charge in [-0.05, 0) is 30.0 Å². The van der Waals surface area contributed by atoms with Crippen molar-refractivity contribution in [3.63, 3.8) is 0 Å². The third kappa shape index (κ3) is 4.97. The van der Waals surface area contributed by atoms with E-state index in [1.165, 1.54) is 41.8 Å². The lowest BCUT2D eigenvalue weighted by Crippen LogP contribution is -2.34. The van der Waals surface area contributed by atoms with Gasteiger partial charge < -0.3 is 10.4 Å². The second-order valence-electron chi connectivity index (χ2n) is 8.36. The van der Waals surface area contributed by atoms with Crippen molar-refractivity contribution in [3.05, 3.63) is 74.8 Å². The number of amidine groups is 1. The van der Waals surface area contributed by atoms with Crippen LogP contribution >= 0.6 is 22.9 Å². The molecular formula is C22H21ClF3N5OS. The number of halogens is 4. The van der Waals surface area contributed by atoms with E-state index in [2.05, 4.69) is 15.4 Å². The first-order chi connectivity index (χ1) is 15.7. The molecule has 33 heavy (non-hydrogen) atoms. The molecule has 0 aliphatic carbocycles.